The van der Waals surface area contributed by atoms with Gasteiger partial charge < -0.3 is 10.1 Å². The number of carbonyl (C=O) groups is 2. The predicted molar refractivity (Wildman–Crippen MR) is 91.1 cm³/mol. The summed E-state index contributed by atoms with van der Waals surface area (Å²) in [4.78, 5) is 24.1. The fourth-order valence-corrected chi connectivity index (χ4v) is 2.55. The zero-order valence-corrected chi connectivity index (χ0v) is 13.8. The second-order valence-electron chi connectivity index (χ2n) is 5.81. The second-order valence-corrected chi connectivity index (χ2v) is 5.81. The third kappa shape index (κ3) is 4.31. The van der Waals surface area contributed by atoms with Crippen LogP contribution in [0.15, 0.2) is 42.5 Å². The fraction of sp³-hybridized carbons (Fsp3) is 0.368. The number of hydrogen-bond acceptors (Lipinski definition) is 3. The van der Waals surface area contributed by atoms with Crippen molar-refractivity contribution in [2.75, 3.05) is 7.11 Å². The summed E-state index contributed by atoms with van der Waals surface area (Å²) in [7, 11) is 1.34. The van der Waals surface area contributed by atoms with Crippen molar-refractivity contribution in [1.29, 1.82) is 0 Å². The number of amides is 1. The van der Waals surface area contributed by atoms with Gasteiger partial charge in [-0.25, -0.2) is 4.79 Å². The van der Waals surface area contributed by atoms with Gasteiger partial charge in [0.25, 0.3) is 0 Å². The molecule has 1 amide bonds. The summed E-state index contributed by atoms with van der Waals surface area (Å²) in [6.45, 7) is 3.91. The highest BCUT2D eigenvalue weighted by molar-refractivity contribution is 5.88. The molecule has 0 unspecified atom stereocenters. The Balaban J connectivity index is 2.08. The normalized spacial score (nSPS) is 13.3. The predicted octanol–water partition coefficient (Wildman–Crippen LogP) is 3.09. The van der Waals surface area contributed by atoms with Gasteiger partial charge in [0.15, 0.2) is 0 Å². The van der Waals surface area contributed by atoms with Crippen molar-refractivity contribution < 1.29 is 14.3 Å². The summed E-state index contributed by atoms with van der Waals surface area (Å²) < 4.78 is 4.79. The van der Waals surface area contributed by atoms with Gasteiger partial charge in [0.05, 0.1) is 13.5 Å². The quantitative estimate of drug-likeness (QED) is 0.834. The number of fused-ring (bicyclic) bond motifs is 1. The molecule has 2 atom stereocenters. The van der Waals surface area contributed by atoms with Crippen molar-refractivity contribution in [2.24, 2.45) is 5.92 Å². The van der Waals surface area contributed by atoms with Gasteiger partial charge in [-0.05, 0) is 22.3 Å². The molecular formula is C19H23NO3. The van der Waals surface area contributed by atoms with E-state index in [0.717, 1.165) is 22.8 Å². The van der Waals surface area contributed by atoms with E-state index in [-0.39, 0.29) is 18.2 Å². The van der Waals surface area contributed by atoms with E-state index in [1.165, 1.54) is 7.11 Å². The van der Waals surface area contributed by atoms with Crippen LogP contribution < -0.4 is 5.32 Å². The van der Waals surface area contributed by atoms with Crippen LogP contribution in [0.25, 0.3) is 10.8 Å². The lowest BCUT2D eigenvalue weighted by molar-refractivity contribution is -0.146. The zero-order valence-electron chi connectivity index (χ0n) is 13.8. The van der Waals surface area contributed by atoms with Crippen LogP contribution in [0.1, 0.15) is 25.8 Å². The van der Waals surface area contributed by atoms with Crippen LogP contribution in [-0.2, 0) is 20.7 Å². The molecule has 0 saturated heterocycles. The van der Waals surface area contributed by atoms with Gasteiger partial charge >= 0.3 is 5.97 Å². The van der Waals surface area contributed by atoms with Gasteiger partial charge in [0.2, 0.25) is 5.91 Å². The molecule has 4 nitrogen and oxygen atoms in total. The van der Waals surface area contributed by atoms with Crippen LogP contribution in [0.5, 0.6) is 0 Å². The van der Waals surface area contributed by atoms with E-state index < -0.39 is 12.0 Å². The highest BCUT2D eigenvalue weighted by Crippen LogP contribution is 2.16. The molecule has 0 spiro atoms. The van der Waals surface area contributed by atoms with Crippen LogP contribution in [0.3, 0.4) is 0 Å². The molecule has 23 heavy (non-hydrogen) atoms. The maximum atomic E-state index is 12.3. The molecule has 1 N–H and O–H groups in total. The van der Waals surface area contributed by atoms with Gasteiger partial charge in [0, 0.05) is 0 Å². The molecule has 0 heterocycles. The highest BCUT2D eigenvalue weighted by Gasteiger charge is 2.26. The smallest absolute Gasteiger partial charge is 0.328 e. The molecule has 0 aliphatic carbocycles. The number of ether oxygens (including phenoxy) is 1. The van der Waals surface area contributed by atoms with E-state index in [0.29, 0.717) is 0 Å². The Hall–Kier alpha value is -2.36. The Morgan fingerprint density at radius 2 is 1.83 bits per heavy atom. The van der Waals surface area contributed by atoms with Gasteiger partial charge in [-0.2, -0.15) is 0 Å². The number of nitrogens with one attached hydrogen (secondary N) is 1. The van der Waals surface area contributed by atoms with Crippen LogP contribution in [-0.4, -0.2) is 25.0 Å². The van der Waals surface area contributed by atoms with Crippen LogP contribution in [0.4, 0.5) is 0 Å². The molecule has 4 heteroatoms. The summed E-state index contributed by atoms with van der Waals surface area (Å²) in [5.41, 5.74) is 0.925. The largest absolute Gasteiger partial charge is 0.467 e. The molecule has 0 aromatic heterocycles. The SMILES string of the molecule is CC[C@H](C)[C@@H](NC(=O)Cc1ccc2ccccc2c1)C(=O)OC. The first kappa shape index (κ1) is 17.0. The van der Waals surface area contributed by atoms with E-state index in [1.54, 1.807) is 0 Å². The third-order valence-electron chi connectivity index (χ3n) is 4.16. The summed E-state index contributed by atoms with van der Waals surface area (Å²) >= 11 is 0. The average Bonchev–Trinajstić information content (AvgIpc) is 2.58. The minimum Gasteiger partial charge on any atom is -0.467 e. The molecule has 0 fully saturated rings. The molecule has 0 bridgehead atoms. The van der Waals surface area contributed by atoms with E-state index in [2.05, 4.69) is 5.32 Å². The first-order valence-corrected chi connectivity index (χ1v) is 7.90. The van der Waals surface area contributed by atoms with E-state index in [1.807, 2.05) is 56.3 Å². The van der Waals surface area contributed by atoms with Crippen molar-refractivity contribution in [2.45, 2.75) is 32.7 Å². The lowest BCUT2D eigenvalue weighted by Crippen LogP contribution is -2.46. The van der Waals surface area contributed by atoms with Crippen molar-refractivity contribution in [3.63, 3.8) is 0 Å². The van der Waals surface area contributed by atoms with E-state index in [9.17, 15) is 9.59 Å². The van der Waals surface area contributed by atoms with E-state index >= 15 is 0 Å². The Labute approximate surface area is 136 Å². The van der Waals surface area contributed by atoms with Gasteiger partial charge in [-0.15, -0.1) is 0 Å². The molecule has 0 aliphatic heterocycles. The zero-order chi connectivity index (χ0) is 16.8. The maximum Gasteiger partial charge on any atom is 0.328 e. The highest BCUT2D eigenvalue weighted by atomic mass is 16.5. The van der Waals surface area contributed by atoms with Crippen LogP contribution in [0, 0.1) is 5.92 Å². The molecule has 0 saturated carbocycles. The number of esters is 1. The Kier molecular flexibility index (Phi) is 5.74. The van der Waals surface area contributed by atoms with E-state index in [4.69, 9.17) is 4.74 Å². The topological polar surface area (TPSA) is 55.4 Å². The molecule has 0 radical (unpaired) electrons. The summed E-state index contributed by atoms with van der Waals surface area (Å²) in [6.07, 6.45) is 1.03. The first-order valence-electron chi connectivity index (χ1n) is 7.90. The van der Waals surface area contributed by atoms with Crippen molar-refractivity contribution >= 4 is 22.6 Å². The first-order chi connectivity index (χ1) is 11.0. The van der Waals surface area contributed by atoms with Crippen molar-refractivity contribution in [1.82, 2.24) is 5.32 Å². The Morgan fingerprint density at radius 1 is 1.13 bits per heavy atom. The standard InChI is InChI=1S/C19H23NO3/c1-4-13(2)18(19(22)23-3)20-17(21)12-14-9-10-15-7-5-6-8-16(15)11-14/h5-11,13,18H,4,12H2,1-3H3,(H,20,21)/t13-,18+/m0/s1. The molecular weight excluding hydrogens is 290 g/mol. The number of hydrogen-bond donors (Lipinski definition) is 1. The minimum absolute atomic E-state index is 0.0306. The lowest BCUT2D eigenvalue weighted by Gasteiger charge is -2.21. The van der Waals surface area contributed by atoms with Gasteiger partial charge in [0.1, 0.15) is 6.04 Å². The Bertz CT molecular complexity index is 696. The lowest BCUT2D eigenvalue weighted by atomic mass is 9.98. The average molecular weight is 313 g/mol. The van der Waals surface area contributed by atoms with Crippen molar-refractivity contribution in [3.8, 4) is 0 Å². The Morgan fingerprint density at radius 3 is 2.48 bits per heavy atom. The number of rotatable bonds is 6. The summed E-state index contributed by atoms with van der Waals surface area (Å²) in [5.74, 6) is -0.537. The number of methoxy groups -OCH3 is 1. The van der Waals surface area contributed by atoms with Crippen LogP contribution >= 0.6 is 0 Å². The minimum atomic E-state index is -0.599. The van der Waals surface area contributed by atoms with Gasteiger partial charge in [-0.3, -0.25) is 4.79 Å². The maximum absolute atomic E-state index is 12.3. The monoisotopic (exact) mass is 313 g/mol. The van der Waals surface area contributed by atoms with Gasteiger partial charge in [-0.1, -0.05) is 62.7 Å². The summed E-state index contributed by atoms with van der Waals surface area (Å²) in [6, 6.07) is 13.4. The third-order valence-corrected chi connectivity index (χ3v) is 4.16. The molecule has 2 rings (SSSR count). The molecule has 2 aromatic carbocycles. The molecule has 122 valence electrons. The number of carbonyl (C=O) groups excluding carboxylic acids is 2. The summed E-state index contributed by atoms with van der Waals surface area (Å²) in [5, 5.41) is 5.04. The molecule has 0 aliphatic rings. The van der Waals surface area contributed by atoms with Crippen molar-refractivity contribution in [3.05, 3.63) is 48.0 Å². The molecule has 2 aromatic rings. The number of benzene rings is 2. The fourth-order valence-electron chi connectivity index (χ4n) is 2.55. The second kappa shape index (κ2) is 7.77. The van der Waals surface area contributed by atoms with Crippen LogP contribution in [0.2, 0.25) is 0 Å².